The molecule has 0 aliphatic rings. The average Bonchev–Trinajstić information content (AvgIpc) is 2.20. The number of carboxylic acids is 1. The molecule has 1 aromatic carbocycles. The maximum atomic E-state index is 10.9. The van der Waals surface area contributed by atoms with E-state index in [0.717, 1.165) is 11.3 Å². The Morgan fingerprint density at radius 3 is 2.87 bits per heavy atom. The molecule has 0 saturated carbocycles. The standard InChI is InChI=1S/C11H14O3S/c1-8-4-3-5-9(11(12)13)10(8)14-6-7-15-2/h3-5H,6-7H2,1-2H3,(H,12,13). The molecule has 1 aromatic rings. The summed E-state index contributed by atoms with van der Waals surface area (Å²) in [4.78, 5) is 10.9. The number of benzene rings is 1. The third-order valence-electron chi connectivity index (χ3n) is 1.98. The fourth-order valence-electron chi connectivity index (χ4n) is 1.24. The molecule has 0 aliphatic heterocycles. The van der Waals surface area contributed by atoms with Crippen molar-refractivity contribution in [2.45, 2.75) is 6.92 Å². The van der Waals surface area contributed by atoms with Crippen molar-refractivity contribution in [1.82, 2.24) is 0 Å². The van der Waals surface area contributed by atoms with Crippen LogP contribution in [-0.4, -0.2) is 29.7 Å². The van der Waals surface area contributed by atoms with E-state index in [-0.39, 0.29) is 5.56 Å². The number of thioether (sulfide) groups is 1. The summed E-state index contributed by atoms with van der Waals surface area (Å²) in [5.74, 6) is 0.393. The second-order valence-electron chi connectivity index (χ2n) is 3.10. The molecular formula is C11H14O3S. The van der Waals surface area contributed by atoms with Gasteiger partial charge in [-0.25, -0.2) is 4.79 Å². The van der Waals surface area contributed by atoms with E-state index in [0.29, 0.717) is 12.4 Å². The van der Waals surface area contributed by atoms with Crippen molar-refractivity contribution in [3.8, 4) is 5.75 Å². The number of carbonyl (C=O) groups is 1. The Bertz CT molecular complexity index is 350. The molecule has 0 heterocycles. The Morgan fingerprint density at radius 2 is 2.27 bits per heavy atom. The summed E-state index contributed by atoms with van der Waals surface area (Å²) < 4.78 is 5.47. The van der Waals surface area contributed by atoms with Gasteiger partial charge in [0.1, 0.15) is 11.3 Å². The number of para-hydroxylation sites is 1. The molecular weight excluding hydrogens is 212 g/mol. The van der Waals surface area contributed by atoms with Crippen LogP contribution in [0.3, 0.4) is 0 Å². The van der Waals surface area contributed by atoms with Gasteiger partial charge in [-0.05, 0) is 24.8 Å². The molecule has 4 heteroatoms. The van der Waals surface area contributed by atoms with Crippen LogP contribution in [0, 0.1) is 6.92 Å². The molecule has 0 spiro atoms. The lowest BCUT2D eigenvalue weighted by Crippen LogP contribution is -2.07. The maximum absolute atomic E-state index is 10.9. The normalized spacial score (nSPS) is 10.0. The number of hydrogen-bond acceptors (Lipinski definition) is 3. The van der Waals surface area contributed by atoms with Crippen LogP contribution >= 0.6 is 11.8 Å². The minimum atomic E-state index is -0.946. The molecule has 0 atom stereocenters. The Balaban J connectivity index is 2.87. The molecule has 0 bridgehead atoms. The van der Waals surface area contributed by atoms with Crippen LogP contribution in [0.1, 0.15) is 15.9 Å². The summed E-state index contributed by atoms with van der Waals surface area (Å²) in [6.07, 6.45) is 1.99. The van der Waals surface area contributed by atoms with Crippen molar-refractivity contribution in [3.63, 3.8) is 0 Å². The molecule has 15 heavy (non-hydrogen) atoms. The molecule has 0 radical (unpaired) electrons. The van der Waals surface area contributed by atoms with Gasteiger partial charge in [0.15, 0.2) is 0 Å². The van der Waals surface area contributed by atoms with Gasteiger partial charge in [0, 0.05) is 5.75 Å². The minimum Gasteiger partial charge on any atom is -0.492 e. The van der Waals surface area contributed by atoms with Crippen molar-refractivity contribution >= 4 is 17.7 Å². The third kappa shape index (κ3) is 3.16. The van der Waals surface area contributed by atoms with Gasteiger partial charge in [0.2, 0.25) is 0 Å². The van der Waals surface area contributed by atoms with Gasteiger partial charge < -0.3 is 9.84 Å². The molecule has 82 valence electrons. The predicted octanol–water partition coefficient (Wildman–Crippen LogP) is 2.44. The van der Waals surface area contributed by atoms with E-state index < -0.39 is 5.97 Å². The van der Waals surface area contributed by atoms with E-state index in [1.165, 1.54) is 0 Å². The van der Waals surface area contributed by atoms with Crippen molar-refractivity contribution in [1.29, 1.82) is 0 Å². The molecule has 0 amide bonds. The lowest BCUT2D eigenvalue weighted by molar-refractivity contribution is 0.0692. The van der Waals surface area contributed by atoms with Gasteiger partial charge in [-0.1, -0.05) is 12.1 Å². The average molecular weight is 226 g/mol. The lowest BCUT2D eigenvalue weighted by atomic mass is 10.1. The van der Waals surface area contributed by atoms with Gasteiger partial charge in [-0.15, -0.1) is 0 Å². The minimum absolute atomic E-state index is 0.233. The summed E-state index contributed by atoms with van der Waals surface area (Å²) in [5, 5.41) is 8.96. The summed E-state index contributed by atoms with van der Waals surface area (Å²) in [5.41, 5.74) is 1.09. The number of carboxylic acid groups (broad SMARTS) is 1. The largest absolute Gasteiger partial charge is 0.492 e. The van der Waals surface area contributed by atoms with Gasteiger partial charge in [0.25, 0.3) is 0 Å². The summed E-state index contributed by atoms with van der Waals surface area (Å²) in [6, 6.07) is 5.13. The van der Waals surface area contributed by atoms with Crippen LogP contribution in [0.4, 0.5) is 0 Å². The highest BCUT2D eigenvalue weighted by molar-refractivity contribution is 7.98. The van der Waals surface area contributed by atoms with Crippen molar-refractivity contribution < 1.29 is 14.6 Å². The predicted molar refractivity (Wildman–Crippen MR) is 62.0 cm³/mol. The van der Waals surface area contributed by atoms with Gasteiger partial charge >= 0.3 is 5.97 Å². The van der Waals surface area contributed by atoms with E-state index in [1.54, 1.807) is 23.9 Å². The maximum Gasteiger partial charge on any atom is 0.339 e. The molecule has 0 aliphatic carbocycles. The summed E-state index contributed by atoms with van der Waals surface area (Å²) in [6.45, 7) is 2.38. The molecule has 0 aromatic heterocycles. The van der Waals surface area contributed by atoms with Crippen LogP contribution in [0.15, 0.2) is 18.2 Å². The van der Waals surface area contributed by atoms with Crippen LogP contribution in [0.2, 0.25) is 0 Å². The molecule has 0 fully saturated rings. The molecule has 3 nitrogen and oxygen atoms in total. The van der Waals surface area contributed by atoms with Crippen LogP contribution in [0.25, 0.3) is 0 Å². The van der Waals surface area contributed by atoms with Gasteiger partial charge in [-0.2, -0.15) is 11.8 Å². The molecule has 0 saturated heterocycles. The summed E-state index contributed by atoms with van der Waals surface area (Å²) >= 11 is 1.67. The zero-order valence-corrected chi connectivity index (χ0v) is 9.63. The Labute approximate surface area is 93.4 Å². The van der Waals surface area contributed by atoms with Gasteiger partial charge in [0.05, 0.1) is 6.61 Å². The van der Waals surface area contributed by atoms with E-state index in [9.17, 15) is 4.79 Å². The van der Waals surface area contributed by atoms with E-state index in [2.05, 4.69) is 0 Å². The number of rotatable bonds is 5. The molecule has 0 unspecified atom stereocenters. The molecule has 1 rings (SSSR count). The number of hydrogen-bond donors (Lipinski definition) is 1. The highest BCUT2D eigenvalue weighted by Crippen LogP contribution is 2.23. The topological polar surface area (TPSA) is 46.5 Å². The Kier molecular flexibility index (Phi) is 4.49. The zero-order valence-electron chi connectivity index (χ0n) is 8.82. The Morgan fingerprint density at radius 1 is 1.53 bits per heavy atom. The second kappa shape index (κ2) is 5.66. The van der Waals surface area contributed by atoms with Crippen LogP contribution in [0.5, 0.6) is 5.75 Å². The van der Waals surface area contributed by atoms with Crippen LogP contribution < -0.4 is 4.74 Å². The Hall–Kier alpha value is -1.16. The fourth-order valence-corrected chi connectivity index (χ4v) is 1.49. The van der Waals surface area contributed by atoms with Crippen LogP contribution in [-0.2, 0) is 0 Å². The number of aryl methyl sites for hydroxylation is 1. The highest BCUT2D eigenvalue weighted by atomic mass is 32.2. The lowest BCUT2D eigenvalue weighted by Gasteiger charge is -2.10. The van der Waals surface area contributed by atoms with Gasteiger partial charge in [-0.3, -0.25) is 0 Å². The highest BCUT2D eigenvalue weighted by Gasteiger charge is 2.12. The first-order chi connectivity index (χ1) is 7.16. The second-order valence-corrected chi connectivity index (χ2v) is 4.08. The van der Waals surface area contributed by atoms with Crippen molar-refractivity contribution in [2.24, 2.45) is 0 Å². The number of ether oxygens (including phenoxy) is 1. The summed E-state index contributed by atoms with van der Waals surface area (Å²) in [7, 11) is 0. The SMILES string of the molecule is CSCCOc1c(C)cccc1C(=O)O. The monoisotopic (exact) mass is 226 g/mol. The van der Waals surface area contributed by atoms with E-state index in [1.807, 2.05) is 19.2 Å². The quantitative estimate of drug-likeness (QED) is 0.783. The van der Waals surface area contributed by atoms with E-state index >= 15 is 0 Å². The molecule has 1 N–H and O–H groups in total. The smallest absolute Gasteiger partial charge is 0.339 e. The third-order valence-corrected chi connectivity index (χ3v) is 2.55. The van der Waals surface area contributed by atoms with Crippen molar-refractivity contribution in [3.05, 3.63) is 29.3 Å². The van der Waals surface area contributed by atoms with E-state index in [4.69, 9.17) is 9.84 Å². The number of aromatic carboxylic acids is 1. The first-order valence-corrected chi connectivity index (χ1v) is 6.01. The first-order valence-electron chi connectivity index (χ1n) is 4.61. The fraction of sp³-hybridized carbons (Fsp3) is 0.364. The van der Waals surface area contributed by atoms with Crippen molar-refractivity contribution in [2.75, 3.05) is 18.6 Å². The first kappa shape index (κ1) is 11.9. The zero-order chi connectivity index (χ0) is 11.3.